The molecule has 1 fully saturated rings. The first-order valence-electron chi connectivity index (χ1n) is 12.8. The lowest BCUT2D eigenvalue weighted by Crippen LogP contribution is -2.40. The maximum absolute atomic E-state index is 14.7. The summed E-state index contributed by atoms with van der Waals surface area (Å²) in [5.74, 6) is -0.345. The van der Waals surface area contributed by atoms with Gasteiger partial charge in [0.1, 0.15) is 36.0 Å². The predicted molar refractivity (Wildman–Crippen MR) is 138 cm³/mol. The number of carbonyl (C=O) groups excluding carboxylic acids is 1. The monoisotopic (exact) mass is 611 g/mol. The summed E-state index contributed by atoms with van der Waals surface area (Å²) in [5, 5.41) is 10.1. The number of nitrogens with zero attached hydrogens (tertiary/aromatic N) is 5. The fourth-order valence-electron chi connectivity index (χ4n) is 4.85. The summed E-state index contributed by atoms with van der Waals surface area (Å²) in [7, 11) is 0. The highest BCUT2D eigenvalue weighted by atomic mass is 32.1. The highest BCUT2D eigenvalue weighted by Crippen LogP contribution is 2.39. The second-order valence-electron chi connectivity index (χ2n) is 9.58. The SMILES string of the molecule is C#CCOc1ccc(F)c(F)c1C1CC(c2csc(C3CCN(C(=O)Cn4nc(C(F)F)cc4C(F)F)CC3)n2)=NO1. The van der Waals surface area contributed by atoms with Gasteiger partial charge < -0.3 is 14.5 Å². The third-order valence-electron chi connectivity index (χ3n) is 6.97. The molecule has 3 aromatic rings. The minimum Gasteiger partial charge on any atom is -0.480 e. The number of aromatic nitrogens is 3. The van der Waals surface area contributed by atoms with Crippen molar-refractivity contribution in [2.24, 2.45) is 5.16 Å². The van der Waals surface area contributed by atoms with Crippen molar-refractivity contribution >= 4 is 23.0 Å². The molecule has 5 rings (SSSR count). The van der Waals surface area contributed by atoms with Gasteiger partial charge in [0.15, 0.2) is 17.7 Å². The predicted octanol–water partition coefficient (Wildman–Crippen LogP) is 5.78. The lowest BCUT2D eigenvalue weighted by Gasteiger charge is -2.31. The number of hydrogen-bond acceptors (Lipinski definition) is 7. The van der Waals surface area contributed by atoms with E-state index in [4.69, 9.17) is 16.0 Å². The van der Waals surface area contributed by atoms with Gasteiger partial charge in [-0.25, -0.2) is 31.3 Å². The Balaban J connectivity index is 1.19. The minimum absolute atomic E-state index is 0.00251. The molecule has 8 nitrogen and oxygen atoms in total. The molecule has 2 aliphatic rings. The molecule has 0 bridgehead atoms. The fourth-order valence-corrected chi connectivity index (χ4v) is 5.85. The van der Waals surface area contributed by atoms with Crippen LogP contribution < -0.4 is 4.74 Å². The summed E-state index contributed by atoms with van der Waals surface area (Å²) >= 11 is 1.38. The number of ether oxygens (including phenoxy) is 1. The number of amides is 1. The number of alkyl halides is 4. The van der Waals surface area contributed by atoms with Crippen LogP contribution in [0.2, 0.25) is 0 Å². The Hall–Kier alpha value is -4.06. The molecule has 42 heavy (non-hydrogen) atoms. The summed E-state index contributed by atoms with van der Waals surface area (Å²) in [4.78, 5) is 24.3. The van der Waals surface area contributed by atoms with Gasteiger partial charge in [0, 0.05) is 30.8 Å². The highest BCUT2D eigenvalue weighted by Gasteiger charge is 2.33. The zero-order valence-electron chi connectivity index (χ0n) is 21.8. The molecule has 1 aromatic carbocycles. The van der Waals surface area contributed by atoms with Crippen molar-refractivity contribution in [1.29, 1.82) is 0 Å². The number of benzene rings is 1. The van der Waals surface area contributed by atoms with Crippen molar-refractivity contribution < 1.29 is 40.7 Å². The van der Waals surface area contributed by atoms with E-state index in [9.17, 15) is 31.1 Å². The Morgan fingerprint density at radius 1 is 1.19 bits per heavy atom. The number of oxime groups is 1. The van der Waals surface area contributed by atoms with Crippen molar-refractivity contribution in [2.75, 3.05) is 19.7 Å². The van der Waals surface area contributed by atoms with E-state index in [1.54, 1.807) is 5.38 Å². The number of likely N-dealkylation sites (tertiary alicyclic amines) is 1. The molecule has 1 atom stereocenters. The topological polar surface area (TPSA) is 81.8 Å². The van der Waals surface area contributed by atoms with Crippen LogP contribution in [0.5, 0.6) is 5.75 Å². The Kier molecular flexibility index (Phi) is 8.72. The zero-order chi connectivity index (χ0) is 30.0. The molecule has 1 saturated heterocycles. The first kappa shape index (κ1) is 29.4. The van der Waals surface area contributed by atoms with Crippen LogP contribution >= 0.6 is 11.3 Å². The molecule has 2 aliphatic heterocycles. The fraction of sp³-hybridized carbons (Fsp3) is 0.407. The van der Waals surface area contributed by atoms with E-state index in [1.807, 2.05) is 0 Å². The van der Waals surface area contributed by atoms with Crippen LogP contribution in [0.4, 0.5) is 26.3 Å². The van der Waals surface area contributed by atoms with Crippen molar-refractivity contribution in [1.82, 2.24) is 19.7 Å². The lowest BCUT2D eigenvalue weighted by molar-refractivity contribution is -0.133. The molecule has 2 aromatic heterocycles. The lowest BCUT2D eigenvalue weighted by atomic mass is 9.97. The summed E-state index contributed by atoms with van der Waals surface area (Å²) in [6.07, 6.45) is -0.617. The zero-order valence-corrected chi connectivity index (χ0v) is 22.6. The number of halogens is 6. The number of terminal acetylenes is 1. The molecule has 0 N–H and O–H groups in total. The number of hydrogen-bond donors (Lipinski definition) is 0. The summed E-state index contributed by atoms with van der Waals surface area (Å²) < 4.78 is 87.0. The van der Waals surface area contributed by atoms with Gasteiger partial charge in [0.25, 0.3) is 12.9 Å². The van der Waals surface area contributed by atoms with Gasteiger partial charge in [-0.3, -0.25) is 9.48 Å². The van der Waals surface area contributed by atoms with Crippen molar-refractivity contribution in [3.63, 3.8) is 0 Å². The standard InChI is InChI=1S/C27H23F6N5O3S/c1-2-9-40-20-4-3-15(28)24(29)23(20)21-11-16(36-41-21)18-13-42-27(34-18)14-5-7-37(8-6-14)22(39)12-38-19(26(32)33)10-17(35-38)25(30)31/h1,3-4,10,13-14,21,25-26H,5-9,11-12H2. The average molecular weight is 612 g/mol. The molecule has 15 heteroatoms. The molecule has 4 heterocycles. The number of thiazole rings is 1. The van der Waals surface area contributed by atoms with Gasteiger partial charge in [-0.2, -0.15) is 5.10 Å². The molecule has 0 aliphatic carbocycles. The summed E-state index contributed by atoms with van der Waals surface area (Å²) in [6, 6.07) is 2.82. The first-order valence-corrected chi connectivity index (χ1v) is 13.7. The van der Waals surface area contributed by atoms with Gasteiger partial charge in [-0.15, -0.1) is 17.8 Å². The van der Waals surface area contributed by atoms with E-state index in [0.717, 1.165) is 11.1 Å². The van der Waals surface area contributed by atoms with Crippen molar-refractivity contribution in [3.8, 4) is 18.1 Å². The van der Waals surface area contributed by atoms with Gasteiger partial charge in [-0.1, -0.05) is 11.1 Å². The van der Waals surface area contributed by atoms with Crippen LogP contribution in [0.15, 0.2) is 28.7 Å². The van der Waals surface area contributed by atoms with E-state index in [0.29, 0.717) is 48.1 Å². The Morgan fingerprint density at radius 2 is 1.95 bits per heavy atom. The molecule has 222 valence electrons. The molecule has 0 radical (unpaired) electrons. The van der Waals surface area contributed by atoms with Crippen LogP contribution in [0.25, 0.3) is 0 Å². The van der Waals surface area contributed by atoms with Crippen LogP contribution in [0.1, 0.15) is 71.8 Å². The van der Waals surface area contributed by atoms with E-state index in [1.165, 1.54) is 22.3 Å². The summed E-state index contributed by atoms with van der Waals surface area (Å²) in [6.45, 7) is -0.0769. The van der Waals surface area contributed by atoms with Gasteiger partial charge in [0.2, 0.25) is 5.91 Å². The average Bonchev–Trinajstić information content (AvgIpc) is 3.74. The molecule has 0 spiro atoms. The molecular weight excluding hydrogens is 588 g/mol. The minimum atomic E-state index is -3.05. The van der Waals surface area contributed by atoms with E-state index < -0.39 is 54.4 Å². The quantitative estimate of drug-likeness (QED) is 0.227. The van der Waals surface area contributed by atoms with Crippen LogP contribution in [0.3, 0.4) is 0 Å². The molecular formula is C27H23F6N5O3S. The normalized spacial score (nSPS) is 17.5. The van der Waals surface area contributed by atoms with Crippen molar-refractivity contribution in [2.45, 2.75) is 50.7 Å². The Labute approximate surface area is 239 Å². The highest BCUT2D eigenvalue weighted by molar-refractivity contribution is 7.10. The van der Waals surface area contributed by atoms with E-state index in [-0.39, 0.29) is 30.3 Å². The third kappa shape index (κ3) is 6.08. The second kappa shape index (κ2) is 12.4. The number of piperidine rings is 1. The Bertz CT molecular complexity index is 1530. The van der Waals surface area contributed by atoms with Gasteiger partial charge in [-0.05, 0) is 31.0 Å². The second-order valence-corrected chi connectivity index (χ2v) is 10.5. The molecule has 1 amide bonds. The van der Waals surface area contributed by atoms with E-state index >= 15 is 0 Å². The first-order chi connectivity index (χ1) is 20.2. The van der Waals surface area contributed by atoms with Crippen LogP contribution in [0, 0.1) is 24.0 Å². The third-order valence-corrected chi connectivity index (χ3v) is 7.98. The van der Waals surface area contributed by atoms with Crippen molar-refractivity contribution in [3.05, 3.63) is 62.9 Å². The maximum atomic E-state index is 14.7. The maximum Gasteiger partial charge on any atom is 0.282 e. The smallest absolute Gasteiger partial charge is 0.282 e. The van der Waals surface area contributed by atoms with Crippen LogP contribution in [-0.2, 0) is 16.2 Å². The molecule has 0 saturated carbocycles. The molecule has 1 unspecified atom stereocenters. The van der Waals surface area contributed by atoms with Gasteiger partial charge >= 0.3 is 0 Å². The van der Waals surface area contributed by atoms with E-state index in [2.05, 4.69) is 21.2 Å². The Morgan fingerprint density at radius 3 is 2.64 bits per heavy atom. The van der Waals surface area contributed by atoms with Crippen LogP contribution in [-0.4, -0.2) is 51.0 Å². The largest absolute Gasteiger partial charge is 0.480 e. The number of rotatable bonds is 9. The summed E-state index contributed by atoms with van der Waals surface area (Å²) in [5.41, 5.74) is -0.705. The van der Waals surface area contributed by atoms with Gasteiger partial charge in [0.05, 0.1) is 16.3 Å². The number of carbonyl (C=O) groups is 1.